The lowest BCUT2D eigenvalue weighted by Crippen LogP contribution is -2.24. The second-order valence-electron chi connectivity index (χ2n) is 5.43. The van der Waals surface area contributed by atoms with Gasteiger partial charge in [-0.2, -0.15) is 0 Å². The molecule has 0 fully saturated rings. The molecule has 7 heteroatoms. The number of nitrogens with zero attached hydrogens (tertiary/aromatic N) is 3. The second-order valence-corrected chi connectivity index (χ2v) is 6.37. The van der Waals surface area contributed by atoms with Gasteiger partial charge in [-0.25, -0.2) is 4.39 Å². The van der Waals surface area contributed by atoms with Crippen LogP contribution in [0.15, 0.2) is 59.8 Å². The van der Waals surface area contributed by atoms with E-state index in [-0.39, 0.29) is 17.5 Å². The Kier molecular flexibility index (Phi) is 5.45. The number of hydrogen-bond acceptors (Lipinski definition) is 4. The van der Waals surface area contributed by atoms with Crippen LogP contribution < -0.4 is 5.32 Å². The number of hydrogen-bond donors (Lipinski definition) is 1. The van der Waals surface area contributed by atoms with Gasteiger partial charge in [-0.1, -0.05) is 54.2 Å². The molecular weight excluding hydrogens is 339 g/mol. The van der Waals surface area contributed by atoms with E-state index in [1.807, 2.05) is 30.3 Å². The van der Waals surface area contributed by atoms with Gasteiger partial charge in [-0.3, -0.25) is 4.79 Å². The highest BCUT2D eigenvalue weighted by atomic mass is 32.2. The summed E-state index contributed by atoms with van der Waals surface area (Å²) in [5, 5.41) is 11.7. The third kappa shape index (κ3) is 4.45. The molecule has 0 unspecified atom stereocenters. The zero-order valence-corrected chi connectivity index (χ0v) is 14.5. The van der Waals surface area contributed by atoms with Crippen molar-refractivity contribution in [2.75, 3.05) is 5.75 Å². The van der Waals surface area contributed by atoms with E-state index in [0.29, 0.717) is 23.1 Å². The number of amides is 1. The highest BCUT2D eigenvalue weighted by molar-refractivity contribution is 7.99. The van der Waals surface area contributed by atoms with E-state index < -0.39 is 0 Å². The van der Waals surface area contributed by atoms with Crippen molar-refractivity contribution in [3.05, 3.63) is 66.0 Å². The van der Waals surface area contributed by atoms with Crippen LogP contribution in [0.2, 0.25) is 0 Å². The molecule has 25 heavy (non-hydrogen) atoms. The Morgan fingerprint density at radius 1 is 1.16 bits per heavy atom. The topological polar surface area (TPSA) is 59.8 Å². The van der Waals surface area contributed by atoms with Crippen LogP contribution in [-0.2, 0) is 18.4 Å². The van der Waals surface area contributed by atoms with Gasteiger partial charge in [-0.15, -0.1) is 10.2 Å². The zero-order chi connectivity index (χ0) is 17.6. The van der Waals surface area contributed by atoms with Gasteiger partial charge in [0.15, 0.2) is 11.0 Å². The number of carbonyl (C=O) groups is 1. The number of halogens is 1. The van der Waals surface area contributed by atoms with Crippen LogP contribution in [-0.4, -0.2) is 26.4 Å². The van der Waals surface area contributed by atoms with Crippen LogP contribution in [0.5, 0.6) is 0 Å². The maximum atomic E-state index is 13.4. The van der Waals surface area contributed by atoms with Crippen molar-refractivity contribution in [3.8, 4) is 11.4 Å². The van der Waals surface area contributed by atoms with Crippen molar-refractivity contribution in [2.45, 2.75) is 11.7 Å². The third-order valence-electron chi connectivity index (χ3n) is 3.58. The summed E-state index contributed by atoms with van der Waals surface area (Å²) in [6.07, 6.45) is 0. The number of carbonyl (C=O) groups excluding carboxylic acids is 1. The molecule has 3 rings (SSSR count). The molecule has 0 aliphatic carbocycles. The minimum absolute atomic E-state index is 0.0795. The number of nitrogens with one attached hydrogen (secondary N) is 1. The van der Waals surface area contributed by atoms with Gasteiger partial charge in [0, 0.05) is 19.2 Å². The fourth-order valence-corrected chi connectivity index (χ4v) is 3.04. The van der Waals surface area contributed by atoms with Gasteiger partial charge in [0.05, 0.1) is 5.75 Å². The lowest BCUT2D eigenvalue weighted by Gasteiger charge is -2.06. The third-order valence-corrected chi connectivity index (χ3v) is 4.60. The fraction of sp³-hybridized carbons (Fsp3) is 0.167. The molecule has 5 nitrogen and oxygen atoms in total. The molecule has 0 bridgehead atoms. The van der Waals surface area contributed by atoms with Gasteiger partial charge >= 0.3 is 0 Å². The van der Waals surface area contributed by atoms with Crippen LogP contribution in [0.4, 0.5) is 4.39 Å². The summed E-state index contributed by atoms with van der Waals surface area (Å²) < 4.78 is 15.1. The van der Waals surface area contributed by atoms with Crippen LogP contribution in [0.1, 0.15) is 5.56 Å². The average molecular weight is 356 g/mol. The van der Waals surface area contributed by atoms with Crippen LogP contribution in [0, 0.1) is 5.82 Å². The van der Waals surface area contributed by atoms with Crippen LogP contribution in [0.3, 0.4) is 0 Å². The Hall–Kier alpha value is -2.67. The van der Waals surface area contributed by atoms with E-state index in [9.17, 15) is 9.18 Å². The maximum absolute atomic E-state index is 13.4. The summed E-state index contributed by atoms with van der Waals surface area (Å²) in [6.45, 7) is 0.494. The summed E-state index contributed by atoms with van der Waals surface area (Å²) in [6, 6.07) is 15.9. The van der Waals surface area contributed by atoms with Crippen molar-refractivity contribution in [1.29, 1.82) is 0 Å². The van der Waals surface area contributed by atoms with Gasteiger partial charge in [0.1, 0.15) is 5.82 Å². The molecule has 0 saturated carbocycles. The molecule has 1 amide bonds. The lowest BCUT2D eigenvalue weighted by atomic mass is 10.2. The quantitative estimate of drug-likeness (QED) is 0.690. The minimum atomic E-state index is -0.324. The lowest BCUT2D eigenvalue weighted by molar-refractivity contribution is -0.118. The van der Waals surface area contributed by atoms with Crippen LogP contribution in [0.25, 0.3) is 11.4 Å². The molecular formula is C18H17FN4OS. The number of thioether (sulfide) groups is 1. The van der Waals surface area contributed by atoms with E-state index in [4.69, 9.17) is 0 Å². The average Bonchev–Trinajstić information content (AvgIpc) is 3.00. The highest BCUT2D eigenvalue weighted by Crippen LogP contribution is 2.22. The van der Waals surface area contributed by atoms with Gasteiger partial charge in [-0.05, 0) is 17.7 Å². The first-order chi connectivity index (χ1) is 12.1. The highest BCUT2D eigenvalue weighted by Gasteiger charge is 2.13. The smallest absolute Gasteiger partial charge is 0.230 e. The summed E-state index contributed by atoms with van der Waals surface area (Å²) in [4.78, 5) is 12.0. The van der Waals surface area contributed by atoms with Crippen molar-refractivity contribution in [1.82, 2.24) is 20.1 Å². The SMILES string of the molecule is Cn1c(SCC(=O)NCc2ccccc2)nnc1-c1cccc(F)c1. The molecule has 2 aromatic carbocycles. The molecule has 1 heterocycles. The molecule has 0 aliphatic heterocycles. The van der Waals surface area contributed by atoms with E-state index in [0.717, 1.165) is 5.56 Å². The Morgan fingerprint density at radius 3 is 2.72 bits per heavy atom. The predicted octanol–water partition coefficient (Wildman–Crippen LogP) is 3.03. The first kappa shape index (κ1) is 17.2. The number of benzene rings is 2. The minimum Gasteiger partial charge on any atom is -0.351 e. The van der Waals surface area contributed by atoms with E-state index in [1.54, 1.807) is 23.7 Å². The normalized spacial score (nSPS) is 10.6. The van der Waals surface area contributed by atoms with Crippen molar-refractivity contribution < 1.29 is 9.18 Å². The van der Waals surface area contributed by atoms with E-state index in [2.05, 4.69) is 15.5 Å². The van der Waals surface area contributed by atoms with E-state index >= 15 is 0 Å². The largest absolute Gasteiger partial charge is 0.351 e. The molecule has 0 atom stereocenters. The zero-order valence-electron chi connectivity index (χ0n) is 13.6. The first-order valence-corrected chi connectivity index (χ1v) is 8.71. The van der Waals surface area contributed by atoms with Crippen molar-refractivity contribution in [2.24, 2.45) is 7.05 Å². The molecule has 0 spiro atoms. The molecule has 0 aliphatic rings. The summed E-state index contributed by atoms with van der Waals surface area (Å²) in [5.41, 5.74) is 1.70. The maximum Gasteiger partial charge on any atom is 0.230 e. The van der Waals surface area contributed by atoms with Crippen molar-refractivity contribution >= 4 is 17.7 Å². The van der Waals surface area contributed by atoms with Gasteiger partial charge in [0.2, 0.25) is 5.91 Å². The number of rotatable bonds is 6. The second kappa shape index (κ2) is 7.94. The fourth-order valence-electron chi connectivity index (χ4n) is 2.30. The first-order valence-electron chi connectivity index (χ1n) is 7.72. The summed E-state index contributed by atoms with van der Waals surface area (Å²) >= 11 is 1.29. The number of aromatic nitrogens is 3. The Balaban J connectivity index is 1.58. The Morgan fingerprint density at radius 2 is 1.96 bits per heavy atom. The Labute approximate surface area is 149 Å². The monoisotopic (exact) mass is 356 g/mol. The van der Waals surface area contributed by atoms with E-state index in [1.165, 1.54) is 23.9 Å². The Bertz CT molecular complexity index is 867. The molecule has 0 saturated heterocycles. The molecule has 0 radical (unpaired) electrons. The summed E-state index contributed by atoms with van der Waals surface area (Å²) in [7, 11) is 1.80. The summed E-state index contributed by atoms with van der Waals surface area (Å²) in [5.74, 6) is 0.396. The standard InChI is InChI=1S/C18H17FN4OS/c1-23-17(14-8-5-9-15(19)10-14)21-22-18(23)25-12-16(24)20-11-13-6-3-2-4-7-13/h2-10H,11-12H2,1H3,(H,20,24). The molecule has 128 valence electrons. The molecule has 3 aromatic rings. The van der Waals surface area contributed by atoms with Crippen molar-refractivity contribution in [3.63, 3.8) is 0 Å². The van der Waals surface area contributed by atoms with Gasteiger partial charge in [0.25, 0.3) is 0 Å². The molecule has 1 N–H and O–H groups in total. The molecule has 1 aromatic heterocycles. The van der Waals surface area contributed by atoms with Crippen LogP contribution >= 0.6 is 11.8 Å². The predicted molar refractivity (Wildman–Crippen MR) is 95.4 cm³/mol. The van der Waals surface area contributed by atoms with Gasteiger partial charge < -0.3 is 9.88 Å².